The molecule has 1 aromatic rings. The quantitative estimate of drug-likeness (QED) is 0.715. The molecule has 1 heterocycles. The molecule has 0 aliphatic carbocycles. The zero-order valence-corrected chi connectivity index (χ0v) is 10.4. The van der Waals surface area contributed by atoms with Gasteiger partial charge in [-0.25, -0.2) is 0 Å². The summed E-state index contributed by atoms with van der Waals surface area (Å²) in [6, 6.07) is 0. The minimum atomic E-state index is -0.305. The van der Waals surface area contributed by atoms with E-state index in [-0.39, 0.29) is 11.9 Å². The van der Waals surface area contributed by atoms with E-state index >= 15 is 0 Å². The van der Waals surface area contributed by atoms with E-state index in [2.05, 4.69) is 10.2 Å². The molecule has 0 fully saturated rings. The third-order valence-corrected chi connectivity index (χ3v) is 2.57. The number of carbonyl (C=O) groups excluding carboxylic acids is 1. The van der Waals surface area contributed by atoms with Gasteiger partial charge in [0.1, 0.15) is 17.6 Å². The lowest BCUT2D eigenvalue weighted by Crippen LogP contribution is -2.19. The zero-order valence-electron chi connectivity index (χ0n) is 10.4. The highest BCUT2D eigenvalue weighted by Crippen LogP contribution is 2.20. The van der Waals surface area contributed by atoms with Crippen LogP contribution in [0.15, 0.2) is 0 Å². The fraction of sp³-hybridized carbons (Fsp3) is 0.727. The standard InChI is InChI=1S/C11H19N3O2/c1-5-9(11(15)16-7-3)10-13-12-8(4)14(10)6-2/h9H,5-7H2,1-4H3. The number of esters is 1. The summed E-state index contributed by atoms with van der Waals surface area (Å²) in [5.41, 5.74) is 0. The molecule has 5 nitrogen and oxygen atoms in total. The van der Waals surface area contributed by atoms with Gasteiger partial charge in [0.2, 0.25) is 0 Å². The molecule has 0 amide bonds. The Bertz CT molecular complexity index is 360. The molecule has 5 heteroatoms. The Morgan fingerprint density at radius 1 is 1.38 bits per heavy atom. The first-order valence-electron chi connectivity index (χ1n) is 5.71. The minimum absolute atomic E-state index is 0.216. The summed E-state index contributed by atoms with van der Waals surface area (Å²) in [6.07, 6.45) is 0.678. The Labute approximate surface area is 95.8 Å². The summed E-state index contributed by atoms with van der Waals surface area (Å²) >= 11 is 0. The molecule has 0 N–H and O–H groups in total. The first-order chi connectivity index (χ1) is 7.65. The molecular weight excluding hydrogens is 206 g/mol. The highest BCUT2D eigenvalue weighted by atomic mass is 16.5. The summed E-state index contributed by atoms with van der Waals surface area (Å²) < 4.78 is 6.99. The summed E-state index contributed by atoms with van der Waals surface area (Å²) in [7, 11) is 0. The molecule has 0 spiro atoms. The van der Waals surface area contributed by atoms with Gasteiger partial charge in [-0.15, -0.1) is 10.2 Å². The molecule has 0 saturated carbocycles. The molecule has 1 unspecified atom stereocenters. The van der Waals surface area contributed by atoms with E-state index < -0.39 is 0 Å². The van der Waals surface area contributed by atoms with Gasteiger partial charge in [0, 0.05) is 6.54 Å². The summed E-state index contributed by atoms with van der Waals surface area (Å²) in [5.74, 6) is 1.02. The Morgan fingerprint density at radius 3 is 2.56 bits per heavy atom. The average molecular weight is 225 g/mol. The lowest BCUT2D eigenvalue weighted by Gasteiger charge is -2.14. The van der Waals surface area contributed by atoms with E-state index in [1.807, 2.05) is 25.3 Å². The van der Waals surface area contributed by atoms with Crippen LogP contribution < -0.4 is 0 Å². The van der Waals surface area contributed by atoms with Crippen LogP contribution in [0.3, 0.4) is 0 Å². The number of hydrogen-bond donors (Lipinski definition) is 0. The van der Waals surface area contributed by atoms with Gasteiger partial charge in [-0.2, -0.15) is 0 Å². The van der Waals surface area contributed by atoms with E-state index in [9.17, 15) is 4.79 Å². The van der Waals surface area contributed by atoms with Crippen molar-refractivity contribution in [3.05, 3.63) is 11.6 Å². The molecule has 0 aliphatic heterocycles. The Hall–Kier alpha value is -1.39. The number of ether oxygens (including phenoxy) is 1. The van der Waals surface area contributed by atoms with Crippen molar-refractivity contribution < 1.29 is 9.53 Å². The predicted molar refractivity (Wildman–Crippen MR) is 60.1 cm³/mol. The van der Waals surface area contributed by atoms with Gasteiger partial charge in [-0.05, 0) is 27.2 Å². The minimum Gasteiger partial charge on any atom is -0.465 e. The van der Waals surface area contributed by atoms with Gasteiger partial charge < -0.3 is 9.30 Å². The lowest BCUT2D eigenvalue weighted by molar-refractivity contribution is -0.145. The summed E-state index contributed by atoms with van der Waals surface area (Å²) in [4.78, 5) is 11.7. The molecule has 90 valence electrons. The first-order valence-corrected chi connectivity index (χ1v) is 5.71. The monoisotopic (exact) mass is 225 g/mol. The van der Waals surface area contributed by atoms with Crippen molar-refractivity contribution >= 4 is 5.97 Å². The van der Waals surface area contributed by atoms with Crippen LogP contribution in [0.2, 0.25) is 0 Å². The van der Waals surface area contributed by atoms with Crippen LogP contribution in [0.25, 0.3) is 0 Å². The Kier molecular flexibility index (Phi) is 4.46. The highest BCUT2D eigenvalue weighted by molar-refractivity contribution is 5.77. The maximum atomic E-state index is 11.7. The lowest BCUT2D eigenvalue weighted by atomic mass is 10.1. The molecule has 0 radical (unpaired) electrons. The van der Waals surface area contributed by atoms with Crippen molar-refractivity contribution in [1.29, 1.82) is 0 Å². The SMILES string of the molecule is CCOC(=O)C(CC)c1nnc(C)n1CC. The van der Waals surface area contributed by atoms with E-state index in [4.69, 9.17) is 4.74 Å². The molecule has 0 bridgehead atoms. The maximum Gasteiger partial charge on any atom is 0.316 e. The average Bonchev–Trinajstić information content (AvgIpc) is 2.61. The fourth-order valence-corrected chi connectivity index (χ4v) is 1.74. The van der Waals surface area contributed by atoms with Gasteiger partial charge in [0.15, 0.2) is 0 Å². The normalized spacial score (nSPS) is 12.5. The molecular formula is C11H19N3O2. The van der Waals surface area contributed by atoms with Crippen molar-refractivity contribution in [1.82, 2.24) is 14.8 Å². The van der Waals surface area contributed by atoms with Crippen molar-refractivity contribution in [3.63, 3.8) is 0 Å². The van der Waals surface area contributed by atoms with Crippen LogP contribution >= 0.6 is 0 Å². The van der Waals surface area contributed by atoms with E-state index in [0.717, 1.165) is 12.4 Å². The second-order valence-corrected chi connectivity index (χ2v) is 3.56. The van der Waals surface area contributed by atoms with Gasteiger partial charge in [0.25, 0.3) is 0 Å². The molecule has 0 aromatic carbocycles. The summed E-state index contributed by atoms with van der Waals surface area (Å²) in [6.45, 7) is 8.82. The fourth-order valence-electron chi connectivity index (χ4n) is 1.74. The predicted octanol–water partition coefficient (Wildman–Crippen LogP) is 1.66. The van der Waals surface area contributed by atoms with Crippen molar-refractivity contribution in [2.24, 2.45) is 0 Å². The summed E-state index contributed by atoms with van der Waals surface area (Å²) in [5, 5.41) is 8.08. The largest absolute Gasteiger partial charge is 0.465 e. The third kappa shape index (κ3) is 2.40. The molecule has 1 rings (SSSR count). The topological polar surface area (TPSA) is 57.0 Å². The Morgan fingerprint density at radius 2 is 2.06 bits per heavy atom. The van der Waals surface area contributed by atoms with Crippen LogP contribution in [0.1, 0.15) is 44.8 Å². The van der Waals surface area contributed by atoms with Crippen molar-refractivity contribution in [2.45, 2.75) is 46.6 Å². The van der Waals surface area contributed by atoms with E-state index in [1.54, 1.807) is 6.92 Å². The number of aryl methyl sites for hydroxylation is 1. The molecule has 0 aliphatic rings. The number of hydrogen-bond acceptors (Lipinski definition) is 4. The van der Waals surface area contributed by atoms with Crippen LogP contribution in [0, 0.1) is 6.92 Å². The van der Waals surface area contributed by atoms with Gasteiger partial charge in [0.05, 0.1) is 6.61 Å². The smallest absolute Gasteiger partial charge is 0.316 e. The van der Waals surface area contributed by atoms with Crippen LogP contribution in [0.4, 0.5) is 0 Å². The van der Waals surface area contributed by atoms with Crippen LogP contribution in [-0.4, -0.2) is 27.3 Å². The zero-order chi connectivity index (χ0) is 12.1. The molecule has 1 aromatic heterocycles. The second-order valence-electron chi connectivity index (χ2n) is 3.56. The third-order valence-electron chi connectivity index (χ3n) is 2.57. The molecule has 16 heavy (non-hydrogen) atoms. The molecule has 0 saturated heterocycles. The number of nitrogens with zero attached hydrogens (tertiary/aromatic N) is 3. The van der Waals surface area contributed by atoms with E-state index in [0.29, 0.717) is 18.9 Å². The number of carbonyl (C=O) groups is 1. The highest BCUT2D eigenvalue weighted by Gasteiger charge is 2.25. The van der Waals surface area contributed by atoms with Gasteiger partial charge >= 0.3 is 5.97 Å². The van der Waals surface area contributed by atoms with Crippen LogP contribution in [0.5, 0.6) is 0 Å². The maximum absolute atomic E-state index is 11.7. The van der Waals surface area contributed by atoms with Crippen molar-refractivity contribution in [3.8, 4) is 0 Å². The van der Waals surface area contributed by atoms with E-state index in [1.165, 1.54) is 0 Å². The molecule has 1 atom stereocenters. The second kappa shape index (κ2) is 5.63. The van der Waals surface area contributed by atoms with Gasteiger partial charge in [-0.1, -0.05) is 6.92 Å². The van der Waals surface area contributed by atoms with Gasteiger partial charge in [-0.3, -0.25) is 4.79 Å². The van der Waals surface area contributed by atoms with Crippen molar-refractivity contribution in [2.75, 3.05) is 6.61 Å². The first kappa shape index (κ1) is 12.7. The number of rotatable bonds is 5. The Balaban J connectivity index is 2.98. The number of aromatic nitrogens is 3. The van der Waals surface area contributed by atoms with Crippen LogP contribution in [-0.2, 0) is 16.1 Å².